The second kappa shape index (κ2) is 10.5. The fourth-order valence-electron chi connectivity index (χ4n) is 3.72. The lowest BCUT2D eigenvalue weighted by molar-refractivity contribution is -0.144. The van der Waals surface area contributed by atoms with Gasteiger partial charge < -0.3 is 0 Å². The summed E-state index contributed by atoms with van der Waals surface area (Å²) in [6.45, 7) is -1.96. The lowest BCUT2D eigenvalue weighted by atomic mass is 10.0. The average Bonchev–Trinajstić information content (AvgIpc) is 2.82. The van der Waals surface area contributed by atoms with E-state index in [9.17, 15) is 58.3 Å². The number of imide groups is 2. The number of hydrogen-bond donors (Lipinski definition) is 0. The molecule has 0 saturated carbocycles. The Morgan fingerprint density at radius 2 is 0.795 bits per heavy atom. The molecule has 2 aromatic rings. The monoisotopic (exact) mass is 572 g/mol. The van der Waals surface area contributed by atoms with Gasteiger partial charge in [-0.3, -0.25) is 19.4 Å². The van der Waals surface area contributed by atoms with Gasteiger partial charge in [0.1, 0.15) is 6.42 Å². The standard InChI is InChI=1S/C24H18F10N2O3/c25-21(26,14-1-5-16(6-2-14)23(29,30)31)9-11-35-18(37)13-19(38)36(20(35)39)12-10-22(27,28)15-3-7-17(8-4-15)24(32,33)34/h1-8H,9-13H2. The van der Waals surface area contributed by atoms with Crippen LogP contribution < -0.4 is 0 Å². The van der Waals surface area contributed by atoms with Crippen molar-refractivity contribution in [2.24, 2.45) is 0 Å². The molecule has 0 unspecified atom stereocenters. The van der Waals surface area contributed by atoms with Gasteiger partial charge in [0.15, 0.2) is 0 Å². The molecule has 0 aromatic heterocycles. The summed E-state index contributed by atoms with van der Waals surface area (Å²) in [6, 6.07) is 2.38. The SMILES string of the molecule is O=C1CC(=O)N(CCC(F)(F)c2ccc(C(F)(F)F)cc2)C(=O)N1CCC(F)(F)c1ccc(C(F)(F)F)cc1. The van der Waals surface area contributed by atoms with E-state index in [1.54, 1.807) is 0 Å². The number of benzene rings is 2. The number of barbiturate groups is 1. The fraction of sp³-hybridized carbons (Fsp3) is 0.375. The number of carbonyl (C=O) groups is 3. The van der Waals surface area contributed by atoms with Crippen LogP contribution in [-0.2, 0) is 33.8 Å². The summed E-state index contributed by atoms with van der Waals surface area (Å²) in [6.07, 6.45) is -13.0. The molecule has 1 saturated heterocycles. The van der Waals surface area contributed by atoms with Gasteiger partial charge in [-0.25, -0.2) is 22.4 Å². The Hall–Kier alpha value is -3.65. The molecule has 0 bridgehead atoms. The predicted octanol–water partition coefficient (Wildman–Crippen LogP) is 6.57. The van der Waals surface area contributed by atoms with Gasteiger partial charge >= 0.3 is 18.4 Å². The second-order valence-corrected chi connectivity index (χ2v) is 8.61. The Balaban J connectivity index is 1.67. The van der Waals surface area contributed by atoms with Crippen LogP contribution in [0.25, 0.3) is 0 Å². The maximum Gasteiger partial charge on any atom is 0.416 e. The van der Waals surface area contributed by atoms with Crippen LogP contribution in [0.4, 0.5) is 48.7 Å². The molecular weight excluding hydrogens is 554 g/mol. The van der Waals surface area contributed by atoms with Crippen molar-refractivity contribution < 1.29 is 58.3 Å². The van der Waals surface area contributed by atoms with Crippen LogP contribution in [0.15, 0.2) is 48.5 Å². The lowest BCUT2D eigenvalue weighted by Crippen LogP contribution is -2.56. The third-order valence-corrected chi connectivity index (χ3v) is 5.93. The van der Waals surface area contributed by atoms with Crippen molar-refractivity contribution in [2.75, 3.05) is 13.1 Å². The summed E-state index contributed by atoms with van der Waals surface area (Å²) in [5.41, 5.74) is -4.02. The van der Waals surface area contributed by atoms with Crippen LogP contribution >= 0.6 is 0 Å². The molecule has 212 valence electrons. The molecule has 15 heteroatoms. The quantitative estimate of drug-likeness (QED) is 0.266. The predicted molar refractivity (Wildman–Crippen MR) is 113 cm³/mol. The van der Waals surface area contributed by atoms with Crippen LogP contribution in [0.2, 0.25) is 0 Å². The molecule has 1 fully saturated rings. The van der Waals surface area contributed by atoms with Crippen LogP contribution in [-0.4, -0.2) is 40.7 Å². The molecule has 5 nitrogen and oxygen atoms in total. The Morgan fingerprint density at radius 3 is 1.08 bits per heavy atom. The molecule has 1 aliphatic rings. The summed E-state index contributed by atoms with van der Waals surface area (Å²) in [7, 11) is 0. The first-order valence-electron chi connectivity index (χ1n) is 11.1. The molecule has 1 aliphatic heterocycles. The van der Waals surface area contributed by atoms with Crippen LogP contribution in [0.3, 0.4) is 0 Å². The first-order valence-corrected chi connectivity index (χ1v) is 11.1. The van der Waals surface area contributed by atoms with Crippen molar-refractivity contribution in [3.63, 3.8) is 0 Å². The van der Waals surface area contributed by atoms with Crippen LogP contribution in [0, 0.1) is 0 Å². The Bertz CT molecular complexity index is 1130. The minimum atomic E-state index is -4.76. The number of hydrogen-bond acceptors (Lipinski definition) is 3. The molecule has 39 heavy (non-hydrogen) atoms. The van der Waals surface area contributed by atoms with E-state index in [0.29, 0.717) is 48.5 Å². The van der Waals surface area contributed by atoms with Gasteiger partial charge in [-0.05, 0) is 24.3 Å². The van der Waals surface area contributed by atoms with Crippen molar-refractivity contribution in [3.05, 3.63) is 70.8 Å². The minimum Gasteiger partial charge on any atom is -0.274 e. The molecule has 0 atom stereocenters. The molecule has 0 radical (unpaired) electrons. The fourth-order valence-corrected chi connectivity index (χ4v) is 3.72. The van der Waals surface area contributed by atoms with Crippen molar-refractivity contribution in [1.29, 1.82) is 0 Å². The van der Waals surface area contributed by atoms with Gasteiger partial charge in [0, 0.05) is 37.1 Å². The van der Waals surface area contributed by atoms with Crippen molar-refractivity contribution in [3.8, 4) is 0 Å². The van der Waals surface area contributed by atoms with Gasteiger partial charge in [0.25, 0.3) is 11.8 Å². The molecule has 1 heterocycles. The Kier molecular flexibility index (Phi) is 8.04. The van der Waals surface area contributed by atoms with E-state index in [1.165, 1.54) is 0 Å². The molecule has 0 aliphatic carbocycles. The van der Waals surface area contributed by atoms with Gasteiger partial charge in [0.2, 0.25) is 11.8 Å². The average molecular weight is 572 g/mol. The molecule has 0 N–H and O–H groups in total. The number of amides is 4. The number of carbonyl (C=O) groups excluding carboxylic acids is 3. The highest BCUT2D eigenvalue weighted by Gasteiger charge is 2.43. The van der Waals surface area contributed by atoms with Gasteiger partial charge in [-0.2, -0.15) is 26.3 Å². The van der Waals surface area contributed by atoms with E-state index in [0.717, 1.165) is 0 Å². The number of urea groups is 1. The number of rotatable bonds is 8. The second-order valence-electron chi connectivity index (χ2n) is 8.61. The zero-order chi connectivity index (χ0) is 29.4. The maximum atomic E-state index is 14.6. The lowest BCUT2D eigenvalue weighted by Gasteiger charge is -2.34. The maximum absolute atomic E-state index is 14.6. The van der Waals surface area contributed by atoms with Crippen LogP contribution in [0.1, 0.15) is 41.5 Å². The van der Waals surface area contributed by atoms with Gasteiger partial charge in [-0.15, -0.1) is 0 Å². The third-order valence-electron chi connectivity index (χ3n) is 5.93. The van der Waals surface area contributed by atoms with E-state index < -0.39 is 96.6 Å². The first kappa shape index (κ1) is 29.9. The van der Waals surface area contributed by atoms with Crippen LogP contribution in [0.5, 0.6) is 0 Å². The molecule has 0 spiro atoms. The highest BCUT2D eigenvalue weighted by Crippen LogP contribution is 2.37. The van der Waals surface area contributed by atoms with E-state index in [1.807, 2.05) is 0 Å². The van der Waals surface area contributed by atoms with Crippen molar-refractivity contribution >= 4 is 17.8 Å². The summed E-state index contributed by atoms with van der Waals surface area (Å²) >= 11 is 0. The number of halogens is 10. The highest BCUT2D eigenvalue weighted by atomic mass is 19.4. The van der Waals surface area contributed by atoms with Crippen molar-refractivity contribution in [2.45, 2.75) is 43.5 Å². The van der Waals surface area contributed by atoms with E-state index in [2.05, 4.69) is 0 Å². The molecular formula is C24H18F10N2O3. The molecule has 4 amide bonds. The smallest absolute Gasteiger partial charge is 0.274 e. The summed E-state index contributed by atoms with van der Waals surface area (Å²) < 4.78 is 134. The van der Waals surface area contributed by atoms with Gasteiger partial charge in [-0.1, -0.05) is 24.3 Å². The topological polar surface area (TPSA) is 57.7 Å². The van der Waals surface area contributed by atoms with Gasteiger partial charge in [0.05, 0.1) is 11.1 Å². The van der Waals surface area contributed by atoms with Crippen molar-refractivity contribution in [1.82, 2.24) is 9.80 Å². The molecule has 2 aromatic carbocycles. The minimum absolute atomic E-state index is 0.246. The normalized spacial score (nSPS) is 15.8. The summed E-state index contributed by atoms with van der Waals surface area (Å²) in [5, 5.41) is 0. The van der Waals surface area contributed by atoms with E-state index >= 15 is 0 Å². The number of nitrogens with zero attached hydrogens (tertiary/aromatic N) is 2. The largest absolute Gasteiger partial charge is 0.416 e. The third kappa shape index (κ3) is 6.87. The molecule has 3 rings (SSSR count). The first-order chi connectivity index (χ1) is 17.8. The zero-order valence-corrected chi connectivity index (χ0v) is 19.6. The van der Waals surface area contributed by atoms with E-state index in [-0.39, 0.29) is 9.80 Å². The Morgan fingerprint density at radius 1 is 0.513 bits per heavy atom. The summed E-state index contributed by atoms with van der Waals surface area (Å²) in [4.78, 5) is 37.4. The summed E-state index contributed by atoms with van der Waals surface area (Å²) in [5.74, 6) is -9.96. The number of alkyl halides is 10. The highest BCUT2D eigenvalue weighted by molar-refractivity contribution is 6.14. The Labute approximate surface area is 214 Å². The zero-order valence-electron chi connectivity index (χ0n) is 19.6. The van der Waals surface area contributed by atoms with E-state index in [4.69, 9.17) is 0 Å².